The first-order valence-electron chi connectivity index (χ1n) is 5.90. The molecule has 0 saturated carbocycles. The summed E-state index contributed by atoms with van der Waals surface area (Å²) in [4.78, 5) is 0. The largest absolute Gasteiger partial charge is 0.399 e. The van der Waals surface area contributed by atoms with Gasteiger partial charge in [0.05, 0.1) is 17.8 Å². The SMILES string of the molecule is CC(C)n1ncc(C2(N)C=CC(N)=CC2N)c1N. The van der Waals surface area contributed by atoms with Crippen LogP contribution in [-0.2, 0) is 5.54 Å². The summed E-state index contributed by atoms with van der Waals surface area (Å²) in [5.41, 5.74) is 24.7. The van der Waals surface area contributed by atoms with Gasteiger partial charge in [0.1, 0.15) is 5.82 Å². The summed E-state index contributed by atoms with van der Waals surface area (Å²) in [6.07, 6.45) is 6.93. The van der Waals surface area contributed by atoms with Gasteiger partial charge >= 0.3 is 0 Å². The number of nitrogens with zero attached hydrogens (tertiary/aromatic N) is 2. The lowest BCUT2D eigenvalue weighted by molar-refractivity contribution is 0.488. The average Bonchev–Trinajstić information content (AvgIpc) is 2.67. The van der Waals surface area contributed by atoms with E-state index in [1.165, 1.54) is 0 Å². The van der Waals surface area contributed by atoms with Crippen LogP contribution in [-0.4, -0.2) is 15.8 Å². The third kappa shape index (κ3) is 1.79. The zero-order chi connectivity index (χ0) is 13.5. The number of aromatic nitrogens is 2. The maximum Gasteiger partial charge on any atom is 0.127 e. The fraction of sp³-hybridized carbons (Fsp3) is 0.417. The first kappa shape index (κ1) is 12.7. The van der Waals surface area contributed by atoms with E-state index in [1.807, 2.05) is 13.8 Å². The summed E-state index contributed by atoms with van der Waals surface area (Å²) in [5.74, 6) is 0.543. The van der Waals surface area contributed by atoms with E-state index in [9.17, 15) is 0 Å². The highest BCUT2D eigenvalue weighted by Gasteiger charge is 2.36. The predicted molar refractivity (Wildman–Crippen MR) is 72.3 cm³/mol. The van der Waals surface area contributed by atoms with Gasteiger partial charge in [0, 0.05) is 17.3 Å². The molecule has 6 nitrogen and oxygen atoms in total. The highest BCUT2D eigenvalue weighted by atomic mass is 15.3. The molecule has 8 N–H and O–H groups in total. The maximum atomic E-state index is 6.36. The van der Waals surface area contributed by atoms with Gasteiger partial charge in [-0.25, -0.2) is 4.68 Å². The van der Waals surface area contributed by atoms with Gasteiger partial charge < -0.3 is 22.9 Å². The molecule has 0 spiro atoms. The standard InChI is InChI=1S/C12H20N6/c1-7(2)18-11(15)9(6-17-18)12(16)4-3-8(13)5-10(12)14/h3-7,10H,13-16H2,1-2H3. The van der Waals surface area contributed by atoms with Crippen LogP contribution in [0.3, 0.4) is 0 Å². The van der Waals surface area contributed by atoms with Gasteiger partial charge in [-0.3, -0.25) is 0 Å². The van der Waals surface area contributed by atoms with E-state index in [4.69, 9.17) is 22.9 Å². The van der Waals surface area contributed by atoms with Crippen molar-refractivity contribution in [3.05, 3.63) is 35.7 Å². The summed E-state index contributed by atoms with van der Waals surface area (Å²) in [7, 11) is 0. The van der Waals surface area contributed by atoms with E-state index in [1.54, 1.807) is 29.1 Å². The molecule has 0 aromatic carbocycles. The molecule has 1 aliphatic carbocycles. The van der Waals surface area contributed by atoms with Gasteiger partial charge in [-0.1, -0.05) is 6.08 Å². The molecular weight excluding hydrogens is 228 g/mol. The molecule has 18 heavy (non-hydrogen) atoms. The van der Waals surface area contributed by atoms with E-state index < -0.39 is 11.6 Å². The number of nitrogens with two attached hydrogens (primary N) is 4. The molecule has 1 heterocycles. The van der Waals surface area contributed by atoms with Crippen molar-refractivity contribution in [1.82, 2.24) is 9.78 Å². The van der Waals surface area contributed by atoms with E-state index in [0.29, 0.717) is 11.5 Å². The smallest absolute Gasteiger partial charge is 0.127 e. The second-order valence-corrected chi connectivity index (χ2v) is 4.94. The summed E-state index contributed by atoms with van der Waals surface area (Å²) >= 11 is 0. The molecule has 2 atom stereocenters. The Morgan fingerprint density at radius 1 is 1.39 bits per heavy atom. The second-order valence-electron chi connectivity index (χ2n) is 4.94. The molecule has 6 heteroatoms. The summed E-state index contributed by atoms with van der Waals surface area (Å²) in [5, 5.41) is 4.26. The molecule has 0 bridgehead atoms. The van der Waals surface area contributed by atoms with Crippen LogP contribution in [0.15, 0.2) is 30.1 Å². The Hall–Kier alpha value is -1.79. The van der Waals surface area contributed by atoms with E-state index in [2.05, 4.69) is 5.10 Å². The number of hydrogen-bond acceptors (Lipinski definition) is 5. The molecule has 0 fully saturated rings. The molecule has 2 rings (SSSR count). The quantitative estimate of drug-likeness (QED) is 0.584. The average molecular weight is 248 g/mol. The van der Waals surface area contributed by atoms with Gasteiger partial charge in [-0.2, -0.15) is 5.10 Å². The van der Waals surface area contributed by atoms with Crippen molar-refractivity contribution in [3.63, 3.8) is 0 Å². The number of rotatable bonds is 2. The third-order valence-corrected chi connectivity index (χ3v) is 3.26. The first-order chi connectivity index (χ1) is 8.36. The van der Waals surface area contributed by atoms with Crippen LogP contribution in [0.4, 0.5) is 5.82 Å². The predicted octanol–water partition coefficient (Wildman–Crippen LogP) is -0.0601. The topological polar surface area (TPSA) is 122 Å². The van der Waals surface area contributed by atoms with Crippen molar-refractivity contribution >= 4 is 5.82 Å². The summed E-state index contributed by atoms with van der Waals surface area (Å²) in [6.45, 7) is 4.01. The van der Waals surface area contributed by atoms with Crippen molar-refractivity contribution in [2.75, 3.05) is 5.73 Å². The molecule has 0 aliphatic heterocycles. The molecular formula is C12H20N6. The summed E-state index contributed by atoms with van der Waals surface area (Å²) < 4.78 is 1.73. The molecule has 1 aliphatic rings. The minimum Gasteiger partial charge on any atom is -0.399 e. The minimum atomic E-state index is -0.861. The number of hydrogen-bond donors (Lipinski definition) is 4. The minimum absolute atomic E-state index is 0.173. The Labute approximate surface area is 106 Å². The van der Waals surface area contributed by atoms with Crippen LogP contribution < -0.4 is 22.9 Å². The Morgan fingerprint density at radius 3 is 2.56 bits per heavy atom. The van der Waals surface area contributed by atoms with E-state index in [-0.39, 0.29) is 6.04 Å². The van der Waals surface area contributed by atoms with Crippen LogP contribution in [0.2, 0.25) is 0 Å². The summed E-state index contributed by atoms with van der Waals surface area (Å²) in [6, 6.07) is -0.249. The second kappa shape index (κ2) is 4.15. The highest BCUT2D eigenvalue weighted by Crippen LogP contribution is 2.32. The van der Waals surface area contributed by atoms with Crippen LogP contribution in [0, 0.1) is 0 Å². The molecule has 1 aromatic rings. The molecule has 98 valence electrons. The van der Waals surface area contributed by atoms with Crippen molar-refractivity contribution in [1.29, 1.82) is 0 Å². The molecule has 0 amide bonds. The van der Waals surface area contributed by atoms with Crippen LogP contribution in [0.25, 0.3) is 0 Å². The van der Waals surface area contributed by atoms with Gasteiger partial charge in [0.2, 0.25) is 0 Å². The van der Waals surface area contributed by atoms with E-state index >= 15 is 0 Å². The zero-order valence-electron chi connectivity index (χ0n) is 10.7. The number of nitrogen functional groups attached to an aromatic ring is 1. The zero-order valence-corrected chi connectivity index (χ0v) is 10.7. The van der Waals surface area contributed by atoms with Gasteiger partial charge in [-0.05, 0) is 26.0 Å². The molecule has 0 saturated heterocycles. The van der Waals surface area contributed by atoms with Crippen LogP contribution >= 0.6 is 0 Å². The van der Waals surface area contributed by atoms with Crippen molar-refractivity contribution in [2.24, 2.45) is 17.2 Å². The van der Waals surface area contributed by atoms with Crippen molar-refractivity contribution in [2.45, 2.75) is 31.5 Å². The van der Waals surface area contributed by atoms with Crippen molar-refractivity contribution in [3.8, 4) is 0 Å². The fourth-order valence-electron chi connectivity index (χ4n) is 2.13. The molecule has 1 aromatic heterocycles. The number of allylic oxidation sites excluding steroid dienone is 1. The lowest BCUT2D eigenvalue weighted by Gasteiger charge is -2.33. The Balaban J connectivity index is 2.46. The lowest BCUT2D eigenvalue weighted by Crippen LogP contribution is -2.51. The van der Waals surface area contributed by atoms with Gasteiger partial charge in [0.25, 0.3) is 0 Å². The monoisotopic (exact) mass is 248 g/mol. The van der Waals surface area contributed by atoms with Gasteiger partial charge in [-0.15, -0.1) is 0 Å². The van der Waals surface area contributed by atoms with Crippen molar-refractivity contribution < 1.29 is 0 Å². The Morgan fingerprint density at radius 2 is 2.06 bits per heavy atom. The normalized spacial score (nSPS) is 27.6. The highest BCUT2D eigenvalue weighted by molar-refractivity contribution is 5.50. The number of anilines is 1. The maximum absolute atomic E-state index is 6.36. The Kier molecular flexibility index (Phi) is 2.92. The first-order valence-corrected chi connectivity index (χ1v) is 5.90. The van der Waals surface area contributed by atoms with Crippen LogP contribution in [0.5, 0.6) is 0 Å². The van der Waals surface area contributed by atoms with Crippen LogP contribution in [0.1, 0.15) is 25.5 Å². The fourth-order valence-corrected chi connectivity index (χ4v) is 2.13. The Bertz CT molecular complexity index is 513. The third-order valence-electron chi connectivity index (χ3n) is 3.26. The van der Waals surface area contributed by atoms with Gasteiger partial charge in [0.15, 0.2) is 0 Å². The lowest BCUT2D eigenvalue weighted by atomic mass is 9.81. The molecule has 2 unspecified atom stereocenters. The molecule has 0 radical (unpaired) electrons. The van der Waals surface area contributed by atoms with E-state index in [0.717, 1.165) is 5.56 Å².